The summed E-state index contributed by atoms with van der Waals surface area (Å²) in [5, 5.41) is 14.8. The Morgan fingerprint density at radius 2 is 1.36 bits per heavy atom. The van der Waals surface area contributed by atoms with Gasteiger partial charge in [-0.1, -0.05) is 54.6 Å². The van der Waals surface area contributed by atoms with Crippen LogP contribution in [0, 0.1) is 25.2 Å². The average Bonchev–Trinajstić information content (AvgIpc) is 3.06. The van der Waals surface area contributed by atoms with E-state index in [0.29, 0.717) is 11.4 Å². The van der Waals surface area contributed by atoms with Crippen molar-refractivity contribution >= 4 is 40.8 Å². The smallest absolute Gasteiger partial charge is 0.351 e. The molecule has 0 aromatic heterocycles. The largest absolute Gasteiger partial charge is 0.442 e. The van der Waals surface area contributed by atoms with E-state index in [1.165, 1.54) is 43.0 Å². The minimum Gasteiger partial charge on any atom is -0.442 e. The summed E-state index contributed by atoms with van der Waals surface area (Å²) in [6.45, 7) is 4.27. The Hall–Kier alpha value is -6.15. The van der Waals surface area contributed by atoms with Crippen LogP contribution in [-0.2, 0) is 14.4 Å². The Bertz CT molecular complexity index is 1790. The van der Waals surface area contributed by atoms with E-state index in [1.807, 2.05) is 26.0 Å². The molecule has 0 spiro atoms. The molecule has 0 heterocycles. The van der Waals surface area contributed by atoms with Gasteiger partial charge in [0.1, 0.15) is 18.4 Å². The van der Waals surface area contributed by atoms with Crippen molar-refractivity contribution in [2.75, 3.05) is 35.8 Å². The molecule has 2 N–H and O–H groups in total. The van der Waals surface area contributed by atoms with Gasteiger partial charge in [-0.25, -0.2) is 4.79 Å². The van der Waals surface area contributed by atoms with E-state index in [1.54, 1.807) is 84.9 Å². The molecule has 11 heteroatoms. The normalized spacial score (nSPS) is 11.7. The van der Waals surface area contributed by atoms with Crippen molar-refractivity contribution in [1.82, 2.24) is 10.2 Å². The second-order valence-corrected chi connectivity index (χ2v) is 10.9. The van der Waals surface area contributed by atoms with E-state index in [2.05, 4.69) is 10.6 Å². The van der Waals surface area contributed by atoms with Gasteiger partial charge >= 0.3 is 17.8 Å². The van der Waals surface area contributed by atoms with Crippen LogP contribution in [0.15, 0.2) is 103 Å². The monoisotopic (exact) mass is 632 g/mol. The minimum absolute atomic E-state index is 0.127. The van der Waals surface area contributed by atoms with Gasteiger partial charge in [0.15, 0.2) is 0 Å². The van der Waals surface area contributed by atoms with Crippen molar-refractivity contribution < 1.29 is 23.9 Å². The number of nitrogens with one attached hydrogen (secondary N) is 2. The van der Waals surface area contributed by atoms with Gasteiger partial charge in [-0.15, -0.1) is 0 Å². The Labute approximate surface area is 274 Å². The van der Waals surface area contributed by atoms with Crippen LogP contribution < -0.4 is 25.2 Å². The number of carbonyl (C=O) groups is 4. The van der Waals surface area contributed by atoms with Crippen LogP contribution >= 0.6 is 0 Å². The summed E-state index contributed by atoms with van der Waals surface area (Å²) in [7, 11) is 3.03. The molecule has 11 nitrogen and oxygen atoms in total. The van der Waals surface area contributed by atoms with E-state index in [-0.39, 0.29) is 17.0 Å². The third kappa shape index (κ3) is 7.93. The van der Waals surface area contributed by atoms with Crippen molar-refractivity contribution in [1.29, 1.82) is 5.26 Å². The highest BCUT2D eigenvalue weighted by Crippen LogP contribution is 2.28. The van der Waals surface area contributed by atoms with Crippen LogP contribution in [0.4, 0.5) is 21.9 Å². The van der Waals surface area contributed by atoms with Crippen molar-refractivity contribution in [3.05, 3.63) is 120 Å². The van der Waals surface area contributed by atoms with E-state index < -0.39 is 36.1 Å². The third-order valence-electron chi connectivity index (χ3n) is 7.35. The lowest BCUT2D eigenvalue weighted by atomic mass is 10.1. The average molecular weight is 633 g/mol. The molecule has 0 aliphatic carbocycles. The van der Waals surface area contributed by atoms with Gasteiger partial charge in [0.2, 0.25) is 11.8 Å². The van der Waals surface area contributed by atoms with Gasteiger partial charge in [-0.2, -0.15) is 5.26 Å². The molecule has 0 aliphatic heterocycles. The predicted octanol–water partition coefficient (Wildman–Crippen LogP) is 5.20. The van der Waals surface area contributed by atoms with Crippen molar-refractivity contribution in [2.24, 2.45) is 0 Å². The van der Waals surface area contributed by atoms with Gasteiger partial charge in [0, 0.05) is 32.4 Å². The maximum absolute atomic E-state index is 14.9. The second-order valence-electron chi connectivity index (χ2n) is 10.9. The molecule has 0 saturated heterocycles. The number of anilines is 3. The fraction of sp³-hybridized carbons (Fsp3) is 0.194. The molecule has 0 aliphatic rings. The first-order valence-electron chi connectivity index (χ1n) is 14.7. The molecule has 0 bridgehead atoms. The highest BCUT2D eigenvalue weighted by atomic mass is 16.5. The summed E-state index contributed by atoms with van der Waals surface area (Å²) in [6, 6.07) is 29.8. The molecule has 0 fully saturated rings. The molecule has 4 aromatic carbocycles. The summed E-state index contributed by atoms with van der Waals surface area (Å²) < 4.78 is 6.35. The lowest BCUT2D eigenvalue weighted by Gasteiger charge is -2.43. The highest BCUT2D eigenvalue weighted by Gasteiger charge is 2.53. The topological polar surface area (TPSA) is 135 Å². The zero-order valence-electron chi connectivity index (χ0n) is 26.9. The number of amides is 5. The fourth-order valence-corrected chi connectivity index (χ4v) is 4.99. The zero-order chi connectivity index (χ0) is 34.1. The summed E-state index contributed by atoms with van der Waals surface area (Å²) in [5.74, 6) is -4.65. The van der Waals surface area contributed by atoms with E-state index >= 15 is 0 Å². The quantitative estimate of drug-likeness (QED) is 0.231. The first kappa shape index (κ1) is 33.7. The van der Waals surface area contributed by atoms with Gasteiger partial charge in [0.05, 0.1) is 11.3 Å². The summed E-state index contributed by atoms with van der Waals surface area (Å²) in [5.41, 5.74) is 3.08. The number of aryl methyl sites for hydroxylation is 2. The molecule has 4 rings (SSSR count). The van der Waals surface area contributed by atoms with E-state index in [0.717, 1.165) is 16.0 Å². The van der Waals surface area contributed by atoms with Crippen molar-refractivity contribution in [3.8, 4) is 11.8 Å². The standard InChI is InChI=1S/C36H36N6O5/c1-25-20-26(2)22-30(21-25)41(5)34(45)36(47-31-17-10-7-11-18-31,39-35(46)38-32-19-13-12-14-28(32)23-37)42(27(3)43)24-33(44)40(4)29-15-8-6-9-16-29/h6-22H,24H2,1-5H3,(H2,38,39,46). The molecule has 0 saturated carbocycles. The molecule has 240 valence electrons. The maximum Gasteiger partial charge on any atom is 0.351 e. The second kappa shape index (κ2) is 14.8. The fourth-order valence-electron chi connectivity index (χ4n) is 4.99. The van der Waals surface area contributed by atoms with Crippen LogP contribution in [0.1, 0.15) is 23.6 Å². The van der Waals surface area contributed by atoms with Crippen LogP contribution in [0.2, 0.25) is 0 Å². The number of rotatable bonds is 10. The number of carbonyl (C=O) groups excluding carboxylic acids is 4. The summed E-state index contributed by atoms with van der Waals surface area (Å²) >= 11 is 0. The molecule has 1 atom stereocenters. The molecular formula is C36H36N6O5. The minimum atomic E-state index is -2.60. The van der Waals surface area contributed by atoms with Crippen LogP contribution in [0.25, 0.3) is 0 Å². The third-order valence-corrected chi connectivity index (χ3v) is 7.35. The number of urea groups is 1. The number of para-hydroxylation sites is 3. The van der Waals surface area contributed by atoms with Crippen LogP contribution in [-0.4, -0.2) is 55.1 Å². The Morgan fingerprint density at radius 3 is 1.96 bits per heavy atom. The molecule has 47 heavy (non-hydrogen) atoms. The van der Waals surface area contributed by atoms with Gasteiger partial charge < -0.3 is 19.9 Å². The van der Waals surface area contributed by atoms with Gasteiger partial charge in [-0.3, -0.25) is 24.6 Å². The highest BCUT2D eigenvalue weighted by molar-refractivity contribution is 6.05. The Morgan fingerprint density at radius 1 is 0.787 bits per heavy atom. The number of hydrogen-bond donors (Lipinski definition) is 2. The number of nitrogens with zero attached hydrogens (tertiary/aromatic N) is 4. The summed E-state index contributed by atoms with van der Waals surface area (Å²) in [4.78, 5) is 59.5. The number of nitriles is 1. The molecule has 0 radical (unpaired) electrons. The number of hydrogen-bond acceptors (Lipinski definition) is 6. The van der Waals surface area contributed by atoms with E-state index in [9.17, 15) is 24.4 Å². The molecule has 5 amide bonds. The number of ether oxygens (including phenoxy) is 1. The summed E-state index contributed by atoms with van der Waals surface area (Å²) in [6.07, 6.45) is 0. The van der Waals surface area contributed by atoms with E-state index in [4.69, 9.17) is 4.74 Å². The van der Waals surface area contributed by atoms with Crippen LogP contribution in [0.5, 0.6) is 5.75 Å². The predicted molar refractivity (Wildman–Crippen MR) is 180 cm³/mol. The Kier molecular flexibility index (Phi) is 10.6. The lowest BCUT2D eigenvalue weighted by molar-refractivity contribution is -0.171. The number of likely N-dealkylation sites (N-methyl/N-ethyl adjacent to an activating group) is 2. The van der Waals surface area contributed by atoms with Crippen molar-refractivity contribution in [2.45, 2.75) is 26.6 Å². The van der Waals surface area contributed by atoms with Gasteiger partial charge in [0.25, 0.3) is 0 Å². The van der Waals surface area contributed by atoms with Crippen molar-refractivity contribution in [3.63, 3.8) is 0 Å². The van der Waals surface area contributed by atoms with Gasteiger partial charge in [-0.05, 0) is 73.5 Å². The lowest BCUT2D eigenvalue weighted by Crippen LogP contribution is -2.74. The SMILES string of the molecule is CC(=O)N(CC(=O)N(C)c1ccccc1)C(NC(=O)Nc1ccccc1C#N)(Oc1ccccc1)C(=O)N(C)c1cc(C)cc(C)c1. The number of benzene rings is 4. The first-order chi connectivity index (χ1) is 22.4. The molecule has 4 aromatic rings. The zero-order valence-corrected chi connectivity index (χ0v) is 26.9. The maximum atomic E-state index is 14.9. The molecular weight excluding hydrogens is 596 g/mol. The van der Waals surface area contributed by atoms with Crippen LogP contribution in [0.3, 0.4) is 0 Å². The Balaban J connectivity index is 1.88. The molecule has 1 unspecified atom stereocenters. The first-order valence-corrected chi connectivity index (χ1v) is 14.7.